The maximum atomic E-state index is 5.63. The van der Waals surface area contributed by atoms with Gasteiger partial charge in [0, 0.05) is 29.6 Å². The van der Waals surface area contributed by atoms with Gasteiger partial charge >= 0.3 is 0 Å². The summed E-state index contributed by atoms with van der Waals surface area (Å²) in [5.74, 6) is 1.22. The van der Waals surface area contributed by atoms with Crippen molar-refractivity contribution in [2.75, 3.05) is 7.05 Å². The Morgan fingerprint density at radius 1 is 1.09 bits per heavy atom. The molecule has 3 aromatic rings. The van der Waals surface area contributed by atoms with Crippen LogP contribution in [0.1, 0.15) is 23.5 Å². The highest BCUT2D eigenvalue weighted by Crippen LogP contribution is 2.51. The van der Waals surface area contributed by atoms with E-state index in [9.17, 15) is 0 Å². The second-order valence-electron chi connectivity index (χ2n) is 5.90. The fourth-order valence-electron chi connectivity index (χ4n) is 3.27. The van der Waals surface area contributed by atoms with Crippen LogP contribution in [-0.4, -0.2) is 7.05 Å². The third-order valence-corrected chi connectivity index (χ3v) is 4.53. The molecule has 0 unspecified atom stereocenters. The Bertz CT molecular complexity index is 816. The fraction of sp³-hybridized carbons (Fsp3) is 0.200. The van der Waals surface area contributed by atoms with Gasteiger partial charge in [-0.25, -0.2) is 0 Å². The van der Waals surface area contributed by atoms with E-state index in [4.69, 9.17) is 4.42 Å². The van der Waals surface area contributed by atoms with E-state index in [2.05, 4.69) is 59.9 Å². The van der Waals surface area contributed by atoms with Crippen molar-refractivity contribution in [3.63, 3.8) is 0 Å². The predicted octanol–water partition coefficient (Wildman–Crippen LogP) is 4.80. The Hall–Kier alpha value is -2.48. The number of allylic oxidation sites excluding steroid dienone is 1. The Balaban J connectivity index is 1.64. The van der Waals surface area contributed by atoms with Crippen molar-refractivity contribution < 1.29 is 4.42 Å². The molecule has 110 valence electrons. The lowest BCUT2D eigenvalue weighted by Crippen LogP contribution is -2.08. The second-order valence-corrected chi connectivity index (χ2v) is 5.90. The molecule has 1 aromatic heterocycles. The number of para-hydroxylation sites is 1. The molecule has 0 aliphatic heterocycles. The van der Waals surface area contributed by atoms with Gasteiger partial charge in [-0.15, -0.1) is 0 Å². The lowest BCUT2D eigenvalue weighted by atomic mass is 10.1. The van der Waals surface area contributed by atoms with Gasteiger partial charge in [0.2, 0.25) is 0 Å². The molecular formula is C20H19NO. The van der Waals surface area contributed by atoms with Crippen LogP contribution in [0.4, 0.5) is 0 Å². The largest absolute Gasteiger partial charge is 0.464 e. The Morgan fingerprint density at radius 3 is 2.77 bits per heavy atom. The van der Waals surface area contributed by atoms with Gasteiger partial charge in [0.15, 0.2) is 0 Å². The molecule has 2 heteroatoms. The van der Waals surface area contributed by atoms with Crippen LogP contribution in [0.25, 0.3) is 17.0 Å². The standard InChI is InChI=1S/C20H19NO/c1-21-19(18-13-17(18)14-6-3-2-4-7-14)12-16-9-5-8-15-10-11-22-20(15)16/h2-12,17-18,21H,13H2,1H3/b19-12-/t17-,18+/m1/s1. The normalized spacial score (nSPS) is 21.0. The number of furan rings is 1. The van der Waals surface area contributed by atoms with Crippen LogP contribution < -0.4 is 5.32 Å². The van der Waals surface area contributed by atoms with E-state index in [0.717, 1.165) is 16.5 Å². The molecule has 0 amide bonds. The molecule has 2 aromatic carbocycles. The predicted molar refractivity (Wildman–Crippen MR) is 90.5 cm³/mol. The van der Waals surface area contributed by atoms with Gasteiger partial charge in [0.05, 0.1) is 6.26 Å². The van der Waals surface area contributed by atoms with E-state index in [1.54, 1.807) is 6.26 Å². The molecule has 2 nitrogen and oxygen atoms in total. The van der Waals surface area contributed by atoms with Gasteiger partial charge in [-0.05, 0) is 30.0 Å². The molecule has 2 atom stereocenters. The number of benzene rings is 2. The first-order chi connectivity index (χ1) is 10.9. The van der Waals surface area contributed by atoms with Crippen molar-refractivity contribution in [2.45, 2.75) is 12.3 Å². The quantitative estimate of drug-likeness (QED) is 0.746. The zero-order valence-electron chi connectivity index (χ0n) is 12.6. The van der Waals surface area contributed by atoms with E-state index in [-0.39, 0.29) is 0 Å². The molecule has 0 saturated heterocycles. The van der Waals surface area contributed by atoms with Crippen LogP contribution in [0.5, 0.6) is 0 Å². The SMILES string of the molecule is CN/C(=C\c1cccc2ccoc12)[C@H]1C[C@@H]1c1ccccc1. The van der Waals surface area contributed by atoms with Crippen molar-refractivity contribution in [2.24, 2.45) is 5.92 Å². The fourth-order valence-corrected chi connectivity index (χ4v) is 3.27. The summed E-state index contributed by atoms with van der Waals surface area (Å²) in [5, 5.41) is 4.54. The van der Waals surface area contributed by atoms with Gasteiger partial charge in [0.25, 0.3) is 0 Å². The number of hydrogen-bond acceptors (Lipinski definition) is 2. The minimum absolute atomic E-state index is 0.581. The smallest absolute Gasteiger partial charge is 0.141 e. The average molecular weight is 289 g/mol. The van der Waals surface area contributed by atoms with Crippen LogP contribution in [0.15, 0.2) is 71.0 Å². The van der Waals surface area contributed by atoms with Crippen molar-refractivity contribution >= 4 is 17.0 Å². The first-order valence-electron chi connectivity index (χ1n) is 7.77. The summed E-state index contributed by atoms with van der Waals surface area (Å²) in [7, 11) is 2.01. The van der Waals surface area contributed by atoms with Gasteiger partial charge in [-0.1, -0.05) is 48.5 Å². The third-order valence-electron chi connectivity index (χ3n) is 4.53. The van der Waals surface area contributed by atoms with E-state index < -0.39 is 0 Å². The summed E-state index contributed by atoms with van der Waals surface area (Å²) < 4.78 is 5.63. The molecule has 0 spiro atoms. The van der Waals surface area contributed by atoms with E-state index in [0.29, 0.717) is 11.8 Å². The zero-order valence-corrected chi connectivity index (χ0v) is 12.6. The molecule has 22 heavy (non-hydrogen) atoms. The van der Waals surface area contributed by atoms with Crippen LogP contribution in [-0.2, 0) is 0 Å². The zero-order chi connectivity index (χ0) is 14.9. The molecule has 1 saturated carbocycles. The van der Waals surface area contributed by atoms with Crippen molar-refractivity contribution in [3.8, 4) is 0 Å². The molecule has 1 aliphatic carbocycles. The summed E-state index contributed by atoms with van der Waals surface area (Å²) >= 11 is 0. The highest BCUT2D eigenvalue weighted by molar-refractivity contribution is 5.86. The Kier molecular flexibility index (Phi) is 3.23. The number of rotatable bonds is 4. The molecule has 4 rings (SSSR count). The number of nitrogens with one attached hydrogen (secondary N) is 1. The molecule has 0 radical (unpaired) electrons. The van der Waals surface area contributed by atoms with E-state index in [1.807, 2.05) is 13.1 Å². The maximum absolute atomic E-state index is 5.63. The topological polar surface area (TPSA) is 25.2 Å². The van der Waals surface area contributed by atoms with Crippen molar-refractivity contribution in [1.29, 1.82) is 0 Å². The Labute approximate surface area is 130 Å². The lowest BCUT2D eigenvalue weighted by molar-refractivity contribution is 0.615. The minimum Gasteiger partial charge on any atom is -0.464 e. The summed E-state index contributed by atoms with van der Waals surface area (Å²) in [6.45, 7) is 0. The second kappa shape index (κ2) is 5.38. The summed E-state index contributed by atoms with van der Waals surface area (Å²) in [6.07, 6.45) is 5.20. The van der Waals surface area contributed by atoms with E-state index >= 15 is 0 Å². The van der Waals surface area contributed by atoms with Gasteiger partial charge in [-0.2, -0.15) is 0 Å². The molecule has 1 fully saturated rings. The molecule has 1 heterocycles. The monoisotopic (exact) mass is 289 g/mol. The molecule has 1 aliphatic rings. The van der Waals surface area contributed by atoms with Gasteiger partial charge in [-0.3, -0.25) is 0 Å². The minimum atomic E-state index is 0.581. The first kappa shape index (κ1) is 13.2. The summed E-state index contributed by atoms with van der Waals surface area (Å²) in [5.41, 5.74) is 4.83. The molecule has 1 N–H and O–H groups in total. The van der Waals surface area contributed by atoms with Gasteiger partial charge < -0.3 is 9.73 Å². The van der Waals surface area contributed by atoms with Crippen molar-refractivity contribution in [1.82, 2.24) is 5.32 Å². The van der Waals surface area contributed by atoms with Gasteiger partial charge in [0.1, 0.15) is 5.58 Å². The maximum Gasteiger partial charge on any atom is 0.141 e. The van der Waals surface area contributed by atoms with Crippen LogP contribution in [0.2, 0.25) is 0 Å². The highest BCUT2D eigenvalue weighted by Gasteiger charge is 2.40. The Morgan fingerprint density at radius 2 is 1.95 bits per heavy atom. The lowest BCUT2D eigenvalue weighted by Gasteiger charge is -2.07. The van der Waals surface area contributed by atoms with Crippen LogP contribution >= 0.6 is 0 Å². The molecular weight excluding hydrogens is 270 g/mol. The molecule has 0 bridgehead atoms. The summed E-state index contributed by atoms with van der Waals surface area (Å²) in [4.78, 5) is 0. The van der Waals surface area contributed by atoms with Crippen LogP contribution in [0, 0.1) is 5.92 Å². The average Bonchev–Trinajstić information content (AvgIpc) is 3.21. The first-order valence-corrected chi connectivity index (χ1v) is 7.77. The third kappa shape index (κ3) is 2.31. The number of fused-ring (bicyclic) bond motifs is 1. The van der Waals surface area contributed by atoms with E-state index in [1.165, 1.54) is 17.7 Å². The summed E-state index contributed by atoms with van der Waals surface area (Å²) in [6, 6.07) is 19.1. The number of hydrogen-bond donors (Lipinski definition) is 1. The van der Waals surface area contributed by atoms with Crippen molar-refractivity contribution in [3.05, 3.63) is 77.7 Å². The van der Waals surface area contributed by atoms with Crippen LogP contribution in [0.3, 0.4) is 0 Å². The highest BCUT2D eigenvalue weighted by atomic mass is 16.3.